The first-order valence-corrected chi connectivity index (χ1v) is 6.70. The van der Waals surface area contributed by atoms with E-state index < -0.39 is 0 Å². The van der Waals surface area contributed by atoms with Gasteiger partial charge in [0.15, 0.2) is 0 Å². The SMILES string of the molecule is CCNC(c1ccc(Cl)cc1)c1cc(C)cnc1N. The number of nitrogens with two attached hydrogens (primary N) is 1. The Labute approximate surface area is 118 Å². The molecule has 2 aromatic rings. The van der Waals surface area contributed by atoms with E-state index in [2.05, 4.69) is 23.3 Å². The maximum atomic E-state index is 6.01. The van der Waals surface area contributed by atoms with Crippen LogP contribution in [0.15, 0.2) is 36.5 Å². The fraction of sp³-hybridized carbons (Fsp3) is 0.267. The first-order chi connectivity index (χ1) is 9.11. The van der Waals surface area contributed by atoms with E-state index in [4.69, 9.17) is 17.3 Å². The molecular formula is C15H18ClN3. The molecule has 1 heterocycles. The van der Waals surface area contributed by atoms with Crippen molar-refractivity contribution in [1.29, 1.82) is 0 Å². The van der Waals surface area contributed by atoms with Gasteiger partial charge in [0.05, 0.1) is 6.04 Å². The van der Waals surface area contributed by atoms with E-state index in [0.717, 1.165) is 28.3 Å². The van der Waals surface area contributed by atoms with Crippen molar-refractivity contribution in [1.82, 2.24) is 10.3 Å². The van der Waals surface area contributed by atoms with Crippen molar-refractivity contribution >= 4 is 17.4 Å². The van der Waals surface area contributed by atoms with Crippen LogP contribution in [0.5, 0.6) is 0 Å². The molecule has 0 spiro atoms. The molecule has 0 bridgehead atoms. The number of hydrogen-bond donors (Lipinski definition) is 2. The van der Waals surface area contributed by atoms with Gasteiger partial charge in [-0.15, -0.1) is 0 Å². The normalized spacial score (nSPS) is 12.4. The lowest BCUT2D eigenvalue weighted by Gasteiger charge is -2.20. The zero-order valence-electron chi connectivity index (χ0n) is 11.2. The minimum atomic E-state index is 0.0367. The highest BCUT2D eigenvalue weighted by atomic mass is 35.5. The Kier molecular flexibility index (Phi) is 4.40. The fourth-order valence-corrected chi connectivity index (χ4v) is 2.23. The van der Waals surface area contributed by atoms with Gasteiger partial charge < -0.3 is 11.1 Å². The van der Waals surface area contributed by atoms with Crippen LogP contribution in [-0.2, 0) is 0 Å². The lowest BCUT2D eigenvalue weighted by atomic mass is 9.98. The second kappa shape index (κ2) is 6.04. The highest BCUT2D eigenvalue weighted by Gasteiger charge is 2.16. The topological polar surface area (TPSA) is 50.9 Å². The first-order valence-electron chi connectivity index (χ1n) is 6.32. The van der Waals surface area contributed by atoms with Crippen molar-refractivity contribution in [2.45, 2.75) is 19.9 Å². The predicted octanol–water partition coefficient (Wildman–Crippen LogP) is 3.32. The molecule has 4 heteroatoms. The summed E-state index contributed by atoms with van der Waals surface area (Å²) in [5.74, 6) is 0.562. The van der Waals surface area contributed by atoms with E-state index in [1.165, 1.54) is 0 Å². The molecule has 0 saturated heterocycles. The molecule has 0 saturated carbocycles. The number of aryl methyl sites for hydroxylation is 1. The Balaban J connectivity index is 2.44. The Morgan fingerprint density at radius 2 is 2.00 bits per heavy atom. The van der Waals surface area contributed by atoms with Crippen LogP contribution in [0.1, 0.15) is 29.7 Å². The number of benzene rings is 1. The maximum Gasteiger partial charge on any atom is 0.128 e. The molecule has 0 amide bonds. The lowest BCUT2D eigenvalue weighted by molar-refractivity contribution is 0.630. The maximum absolute atomic E-state index is 6.01. The van der Waals surface area contributed by atoms with Crippen molar-refractivity contribution < 1.29 is 0 Å². The van der Waals surface area contributed by atoms with Crippen molar-refractivity contribution in [2.24, 2.45) is 0 Å². The summed E-state index contributed by atoms with van der Waals surface area (Å²) < 4.78 is 0. The van der Waals surface area contributed by atoms with Crippen LogP contribution >= 0.6 is 11.6 Å². The summed E-state index contributed by atoms with van der Waals surface area (Å²) in [6.07, 6.45) is 1.78. The van der Waals surface area contributed by atoms with Crippen LogP contribution in [0.3, 0.4) is 0 Å². The number of pyridine rings is 1. The molecular weight excluding hydrogens is 258 g/mol. The van der Waals surface area contributed by atoms with Gasteiger partial charge in [0.25, 0.3) is 0 Å². The first kappa shape index (κ1) is 13.8. The summed E-state index contributed by atoms with van der Waals surface area (Å²) in [6.45, 7) is 4.93. The van der Waals surface area contributed by atoms with E-state index in [1.54, 1.807) is 6.20 Å². The molecule has 19 heavy (non-hydrogen) atoms. The number of nitrogen functional groups attached to an aromatic ring is 1. The Hall–Kier alpha value is -1.58. The molecule has 1 unspecified atom stereocenters. The molecule has 0 aliphatic rings. The van der Waals surface area contributed by atoms with Gasteiger partial charge in [0.2, 0.25) is 0 Å². The van der Waals surface area contributed by atoms with Gasteiger partial charge in [-0.3, -0.25) is 0 Å². The van der Waals surface area contributed by atoms with Crippen molar-refractivity contribution in [3.8, 4) is 0 Å². The second-order valence-corrected chi connectivity index (χ2v) is 4.97. The van der Waals surface area contributed by atoms with Gasteiger partial charge in [-0.2, -0.15) is 0 Å². The Morgan fingerprint density at radius 3 is 2.63 bits per heavy atom. The molecule has 3 N–H and O–H groups in total. The highest BCUT2D eigenvalue weighted by molar-refractivity contribution is 6.30. The van der Waals surface area contributed by atoms with Gasteiger partial charge in [-0.05, 0) is 42.8 Å². The van der Waals surface area contributed by atoms with Crippen molar-refractivity contribution in [3.63, 3.8) is 0 Å². The van der Waals surface area contributed by atoms with E-state index in [0.29, 0.717) is 5.82 Å². The van der Waals surface area contributed by atoms with Gasteiger partial charge in [-0.1, -0.05) is 30.7 Å². The molecule has 1 atom stereocenters. The predicted molar refractivity (Wildman–Crippen MR) is 80.4 cm³/mol. The summed E-state index contributed by atoms with van der Waals surface area (Å²) in [5, 5.41) is 4.17. The minimum Gasteiger partial charge on any atom is -0.383 e. The third kappa shape index (κ3) is 3.25. The summed E-state index contributed by atoms with van der Waals surface area (Å²) >= 11 is 5.94. The quantitative estimate of drug-likeness (QED) is 0.900. The zero-order valence-corrected chi connectivity index (χ0v) is 11.9. The summed E-state index contributed by atoms with van der Waals surface area (Å²) in [4.78, 5) is 4.24. The molecule has 3 nitrogen and oxygen atoms in total. The monoisotopic (exact) mass is 275 g/mol. The Morgan fingerprint density at radius 1 is 1.32 bits per heavy atom. The zero-order chi connectivity index (χ0) is 13.8. The molecule has 100 valence electrons. The van der Waals surface area contributed by atoms with Crippen LogP contribution in [0, 0.1) is 6.92 Å². The number of nitrogens with zero attached hydrogens (tertiary/aromatic N) is 1. The van der Waals surface area contributed by atoms with E-state index >= 15 is 0 Å². The molecule has 0 fully saturated rings. The molecule has 1 aromatic heterocycles. The minimum absolute atomic E-state index is 0.0367. The second-order valence-electron chi connectivity index (χ2n) is 4.53. The molecule has 2 rings (SSSR count). The third-order valence-corrected chi connectivity index (χ3v) is 3.26. The van der Waals surface area contributed by atoms with Crippen LogP contribution in [0.4, 0.5) is 5.82 Å². The number of hydrogen-bond acceptors (Lipinski definition) is 3. The van der Waals surface area contributed by atoms with E-state index in [9.17, 15) is 0 Å². The molecule has 1 aromatic carbocycles. The van der Waals surface area contributed by atoms with Crippen LogP contribution in [0.25, 0.3) is 0 Å². The number of halogens is 1. The van der Waals surface area contributed by atoms with Gasteiger partial charge in [0, 0.05) is 16.8 Å². The summed E-state index contributed by atoms with van der Waals surface area (Å²) in [6, 6.07) is 9.91. The standard InChI is InChI=1S/C15H18ClN3/c1-3-18-14(11-4-6-12(16)7-5-11)13-8-10(2)9-19-15(13)17/h4-9,14,18H,3H2,1-2H3,(H2,17,19). The Bertz CT molecular complexity index is 552. The molecule has 0 radical (unpaired) electrons. The number of nitrogens with one attached hydrogen (secondary N) is 1. The van der Waals surface area contributed by atoms with Crippen molar-refractivity contribution in [3.05, 3.63) is 58.2 Å². The van der Waals surface area contributed by atoms with Gasteiger partial charge in [0.1, 0.15) is 5.82 Å². The largest absolute Gasteiger partial charge is 0.383 e. The number of aromatic nitrogens is 1. The van der Waals surface area contributed by atoms with Crippen molar-refractivity contribution in [2.75, 3.05) is 12.3 Å². The van der Waals surface area contributed by atoms with E-state index in [-0.39, 0.29) is 6.04 Å². The van der Waals surface area contributed by atoms with Gasteiger partial charge >= 0.3 is 0 Å². The summed E-state index contributed by atoms with van der Waals surface area (Å²) in [7, 11) is 0. The third-order valence-electron chi connectivity index (χ3n) is 3.01. The van der Waals surface area contributed by atoms with Crippen LogP contribution in [-0.4, -0.2) is 11.5 Å². The summed E-state index contributed by atoms with van der Waals surface area (Å²) in [5.41, 5.74) is 9.24. The van der Waals surface area contributed by atoms with E-state index in [1.807, 2.05) is 31.2 Å². The van der Waals surface area contributed by atoms with Crippen LogP contribution < -0.4 is 11.1 Å². The smallest absolute Gasteiger partial charge is 0.128 e. The number of rotatable bonds is 4. The van der Waals surface area contributed by atoms with Crippen LogP contribution in [0.2, 0.25) is 5.02 Å². The highest BCUT2D eigenvalue weighted by Crippen LogP contribution is 2.27. The molecule has 0 aliphatic heterocycles. The fourth-order valence-electron chi connectivity index (χ4n) is 2.10. The van der Waals surface area contributed by atoms with Gasteiger partial charge in [-0.25, -0.2) is 4.98 Å². The lowest BCUT2D eigenvalue weighted by Crippen LogP contribution is -2.23. The molecule has 0 aliphatic carbocycles. The number of anilines is 1. The average Bonchev–Trinajstić information content (AvgIpc) is 2.40. The average molecular weight is 276 g/mol.